The Morgan fingerprint density at radius 3 is 2.85 bits per heavy atom. The van der Waals surface area contributed by atoms with Crippen molar-refractivity contribution in [3.63, 3.8) is 0 Å². The Morgan fingerprint density at radius 1 is 1.30 bits per heavy atom. The second kappa shape index (κ2) is 9.16. The molecule has 0 spiro atoms. The zero-order chi connectivity index (χ0) is 19.2. The zero-order valence-electron chi connectivity index (χ0n) is 14.6. The molecule has 2 aromatic rings. The monoisotopic (exact) mass is 418 g/mol. The summed E-state index contributed by atoms with van der Waals surface area (Å²) in [6.07, 6.45) is 2.68. The molecule has 140 valence electrons. The quantitative estimate of drug-likeness (QED) is 0.534. The third-order valence-corrected chi connectivity index (χ3v) is 6.05. The minimum atomic E-state index is -0.126. The van der Waals surface area contributed by atoms with Gasteiger partial charge in [-0.25, -0.2) is 0 Å². The van der Waals surface area contributed by atoms with Crippen LogP contribution in [0.5, 0.6) is 5.75 Å². The topological polar surface area (TPSA) is 58.6 Å². The standard InChI is InChI=1S/C19H18N2O3S3/c1-24-15-8-3-2-7-14(15)20-17(22)9-4-10-21-18(23)16(27-19(21)25)12-13-6-5-11-26-13/h2-3,5-8,11-12H,4,9-10H2,1H3,(H,20,22)/b16-12-. The van der Waals surface area contributed by atoms with Gasteiger partial charge in [-0.05, 0) is 36.1 Å². The molecule has 27 heavy (non-hydrogen) atoms. The molecule has 1 saturated heterocycles. The number of thioether (sulfide) groups is 1. The first-order valence-electron chi connectivity index (χ1n) is 8.30. The number of hydrogen-bond acceptors (Lipinski definition) is 6. The highest BCUT2D eigenvalue weighted by atomic mass is 32.2. The minimum Gasteiger partial charge on any atom is -0.495 e. The van der Waals surface area contributed by atoms with Crippen LogP contribution in [0.25, 0.3) is 6.08 Å². The van der Waals surface area contributed by atoms with E-state index in [9.17, 15) is 9.59 Å². The van der Waals surface area contributed by atoms with Gasteiger partial charge in [-0.15, -0.1) is 11.3 Å². The second-order valence-electron chi connectivity index (χ2n) is 5.70. The van der Waals surface area contributed by atoms with Crippen molar-refractivity contribution >= 4 is 63.2 Å². The summed E-state index contributed by atoms with van der Waals surface area (Å²) in [6, 6.07) is 11.1. The first-order valence-corrected chi connectivity index (χ1v) is 10.4. The lowest BCUT2D eigenvalue weighted by Crippen LogP contribution is -2.29. The number of thiocarbonyl (C=S) groups is 1. The summed E-state index contributed by atoms with van der Waals surface area (Å²) in [6.45, 7) is 0.422. The van der Waals surface area contributed by atoms with Crippen molar-refractivity contribution < 1.29 is 14.3 Å². The Hall–Kier alpha value is -2.16. The smallest absolute Gasteiger partial charge is 0.266 e. The fraction of sp³-hybridized carbons (Fsp3) is 0.211. The van der Waals surface area contributed by atoms with E-state index >= 15 is 0 Å². The van der Waals surface area contributed by atoms with Crippen molar-refractivity contribution in [2.45, 2.75) is 12.8 Å². The zero-order valence-corrected chi connectivity index (χ0v) is 17.1. The minimum absolute atomic E-state index is 0.0939. The van der Waals surface area contributed by atoms with Gasteiger partial charge in [0, 0.05) is 17.8 Å². The van der Waals surface area contributed by atoms with Crippen LogP contribution in [0.15, 0.2) is 46.7 Å². The summed E-state index contributed by atoms with van der Waals surface area (Å²) in [5, 5.41) is 4.80. The van der Waals surface area contributed by atoms with Gasteiger partial charge in [0.15, 0.2) is 0 Å². The van der Waals surface area contributed by atoms with Gasteiger partial charge in [0.05, 0.1) is 17.7 Å². The van der Waals surface area contributed by atoms with Gasteiger partial charge < -0.3 is 10.1 Å². The number of anilines is 1. The largest absolute Gasteiger partial charge is 0.495 e. The molecule has 3 rings (SSSR count). The Kier molecular flexibility index (Phi) is 6.65. The molecule has 5 nitrogen and oxygen atoms in total. The fourth-order valence-electron chi connectivity index (χ4n) is 2.55. The first-order chi connectivity index (χ1) is 13.1. The highest BCUT2D eigenvalue weighted by Gasteiger charge is 2.31. The van der Waals surface area contributed by atoms with Gasteiger partial charge in [-0.1, -0.05) is 42.2 Å². The van der Waals surface area contributed by atoms with E-state index in [2.05, 4.69) is 5.32 Å². The van der Waals surface area contributed by atoms with E-state index in [0.717, 1.165) is 4.88 Å². The molecular formula is C19H18N2O3S3. The van der Waals surface area contributed by atoms with Crippen LogP contribution < -0.4 is 10.1 Å². The number of nitrogens with zero attached hydrogens (tertiary/aromatic N) is 1. The molecule has 0 saturated carbocycles. The van der Waals surface area contributed by atoms with Crippen LogP contribution in [-0.2, 0) is 9.59 Å². The lowest BCUT2D eigenvalue weighted by Gasteiger charge is -2.14. The number of nitrogens with one attached hydrogen (secondary N) is 1. The lowest BCUT2D eigenvalue weighted by molar-refractivity contribution is -0.122. The van der Waals surface area contributed by atoms with E-state index in [1.807, 2.05) is 35.7 Å². The highest BCUT2D eigenvalue weighted by Crippen LogP contribution is 2.33. The summed E-state index contributed by atoms with van der Waals surface area (Å²) in [4.78, 5) is 27.9. The van der Waals surface area contributed by atoms with Crippen LogP contribution in [0.3, 0.4) is 0 Å². The van der Waals surface area contributed by atoms with Crippen molar-refractivity contribution in [1.29, 1.82) is 0 Å². The van der Waals surface area contributed by atoms with E-state index in [1.54, 1.807) is 35.5 Å². The fourth-order valence-corrected chi connectivity index (χ4v) is 4.59. The molecule has 1 N–H and O–H groups in total. The number of carbonyl (C=O) groups is 2. The van der Waals surface area contributed by atoms with Gasteiger partial charge in [0.1, 0.15) is 10.1 Å². The van der Waals surface area contributed by atoms with Crippen LogP contribution in [0.4, 0.5) is 5.69 Å². The van der Waals surface area contributed by atoms with Crippen LogP contribution in [0.1, 0.15) is 17.7 Å². The summed E-state index contributed by atoms with van der Waals surface area (Å²) in [5.74, 6) is 0.393. The molecule has 0 atom stereocenters. The van der Waals surface area contributed by atoms with E-state index in [1.165, 1.54) is 11.8 Å². The molecule has 0 unspecified atom stereocenters. The van der Waals surface area contributed by atoms with Gasteiger partial charge in [-0.2, -0.15) is 0 Å². The Morgan fingerprint density at radius 2 is 2.11 bits per heavy atom. The van der Waals surface area contributed by atoms with Crippen LogP contribution >= 0.6 is 35.3 Å². The average Bonchev–Trinajstić information content (AvgIpc) is 3.26. The molecular weight excluding hydrogens is 400 g/mol. The number of amides is 2. The van der Waals surface area contributed by atoms with E-state index in [-0.39, 0.29) is 11.8 Å². The van der Waals surface area contributed by atoms with Gasteiger partial charge in [0.2, 0.25) is 5.91 Å². The lowest BCUT2D eigenvalue weighted by atomic mass is 10.2. The summed E-state index contributed by atoms with van der Waals surface area (Å²) < 4.78 is 5.76. The number of ether oxygens (including phenoxy) is 1. The molecule has 1 fully saturated rings. The van der Waals surface area contributed by atoms with Crippen LogP contribution in [0.2, 0.25) is 0 Å². The Balaban J connectivity index is 1.52. The van der Waals surface area contributed by atoms with Gasteiger partial charge in [0.25, 0.3) is 5.91 Å². The van der Waals surface area contributed by atoms with E-state index < -0.39 is 0 Å². The van der Waals surface area contributed by atoms with E-state index in [4.69, 9.17) is 17.0 Å². The van der Waals surface area contributed by atoms with Gasteiger partial charge >= 0.3 is 0 Å². The summed E-state index contributed by atoms with van der Waals surface area (Å²) in [7, 11) is 1.56. The number of thiophene rings is 1. The number of benzene rings is 1. The molecule has 1 aliphatic heterocycles. The first kappa shape index (κ1) is 19.6. The molecule has 2 heterocycles. The van der Waals surface area contributed by atoms with Crippen molar-refractivity contribution in [2.24, 2.45) is 0 Å². The third-order valence-electron chi connectivity index (χ3n) is 3.86. The van der Waals surface area contributed by atoms with Crippen molar-refractivity contribution in [1.82, 2.24) is 4.90 Å². The number of methoxy groups -OCH3 is 1. The van der Waals surface area contributed by atoms with Crippen molar-refractivity contribution in [2.75, 3.05) is 19.0 Å². The maximum atomic E-state index is 12.5. The second-order valence-corrected chi connectivity index (χ2v) is 8.36. The molecule has 1 aromatic carbocycles. The predicted octanol–water partition coefficient (Wildman–Crippen LogP) is 4.38. The summed E-state index contributed by atoms with van der Waals surface area (Å²) in [5.41, 5.74) is 0.634. The maximum Gasteiger partial charge on any atom is 0.266 e. The molecule has 1 aliphatic rings. The third kappa shape index (κ3) is 4.97. The molecule has 8 heteroatoms. The molecule has 2 amide bonds. The van der Waals surface area contributed by atoms with Crippen LogP contribution in [0, 0.1) is 0 Å². The number of para-hydroxylation sites is 2. The molecule has 1 aromatic heterocycles. The molecule has 0 radical (unpaired) electrons. The number of carbonyl (C=O) groups excluding carboxylic acids is 2. The predicted molar refractivity (Wildman–Crippen MR) is 115 cm³/mol. The number of hydrogen-bond donors (Lipinski definition) is 1. The molecule has 0 aliphatic carbocycles. The Bertz CT molecular complexity index is 878. The normalized spacial score (nSPS) is 15.4. The van der Waals surface area contributed by atoms with E-state index in [0.29, 0.717) is 40.0 Å². The SMILES string of the molecule is COc1ccccc1NC(=O)CCCN1C(=O)/C(=C/c2cccs2)SC1=S. The summed E-state index contributed by atoms with van der Waals surface area (Å²) >= 11 is 8.20. The maximum absolute atomic E-state index is 12.5. The Labute approximate surface area is 171 Å². The van der Waals surface area contributed by atoms with Crippen molar-refractivity contribution in [3.05, 3.63) is 51.6 Å². The number of rotatable bonds is 7. The highest BCUT2D eigenvalue weighted by molar-refractivity contribution is 8.26. The molecule has 0 bridgehead atoms. The van der Waals surface area contributed by atoms with Crippen molar-refractivity contribution in [3.8, 4) is 5.75 Å². The van der Waals surface area contributed by atoms with Crippen LogP contribution in [-0.4, -0.2) is 34.7 Å². The van der Waals surface area contributed by atoms with Gasteiger partial charge in [-0.3, -0.25) is 14.5 Å². The average molecular weight is 419 g/mol.